The van der Waals surface area contributed by atoms with Crippen molar-refractivity contribution in [2.24, 2.45) is 0 Å². The van der Waals surface area contributed by atoms with Crippen LogP contribution in [-0.2, 0) is 6.42 Å². The molecule has 2 fully saturated rings. The Bertz CT molecular complexity index is 1520. The van der Waals surface area contributed by atoms with Gasteiger partial charge in [-0.1, -0.05) is 48.5 Å². The molecule has 3 atom stereocenters. The molecule has 170 valence electrons. The lowest BCUT2D eigenvalue weighted by molar-refractivity contribution is 0.0630. The normalized spacial score (nSPS) is 25.9. The van der Waals surface area contributed by atoms with E-state index in [4.69, 9.17) is 0 Å². The molecule has 2 saturated heterocycles. The lowest BCUT2D eigenvalue weighted by atomic mass is 9.92. The summed E-state index contributed by atoms with van der Waals surface area (Å²) in [5.41, 5.74) is 3.29. The minimum Gasteiger partial charge on any atom is -0.476 e. The zero-order valence-electron chi connectivity index (χ0n) is 18.7. The van der Waals surface area contributed by atoms with E-state index in [0.29, 0.717) is 23.6 Å². The maximum atomic E-state index is 13.3. The van der Waals surface area contributed by atoms with E-state index in [0.717, 1.165) is 37.6 Å². The molecule has 2 aliphatic heterocycles. The van der Waals surface area contributed by atoms with Crippen LogP contribution in [0.25, 0.3) is 21.8 Å². The highest BCUT2D eigenvalue weighted by Crippen LogP contribution is 2.50. The summed E-state index contributed by atoms with van der Waals surface area (Å²) < 4.78 is 1.73. The molecular formula is C28H25N3O3. The van der Waals surface area contributed by atoms with Crippen molar-refractivity contribution in [3.63, 3.8) is 0 Å². The van der Waals surface area contributed by atoms with Gasteiger partial charge in [0.1, 0.15) is 0 Å². The van der Waals surface area contributed by atoms with Gasteiger partial charge in [-0.05, 0) is 66.1 Å². The van der Waals surface area contributed by atoms with Crippen molar-refractivity contribution >= 4 is 27.8 Å². The number of carboxylic acid groups (broad SMARTS) is 1. The lowest BCUT2D eigenvalue weighted by Gasteiger charge is -2.43. The number of benzene rings is 3. The zero-order valence-corrected chi connectivity index (χ0v) is 18.7. The van der Waals surface area contributed by atoms with Crippen LogP contribution in [0, 0.1) is 0 Å². The van der Waals surface area contributed by atoms with Crippen molar-refractivity contribution in [1.82, 2.24) is 14.5 Å². The molecule has 7 rings (SSSR count). The van der Waals surface area contributed by atoms with Gasteiger partial charge >= 0.3 is 5.97 Å². The summed E-state index contributed by atoms with van der Waals surface area (Å²) >= 11 is 0. The molecule has 1 N–H and O–H groups in total. The van der Waals surface area contributed by atoms with Crippen molar-refractivity contribution in [3.8, 4) is 0 Å². The van der Waals surface area contributed by atoms with Crippen LogP contribution in [0.2, 0.25) is 0 Å². The summed E-state index contributed by atoms with van der Waals surface area (Å²) in [6.07, 6.45) is 4.98. The molecule has 0 spiro atoms. The van der Waals surface area contributed by atoms with Crippen molar-refractivity contribution in [1.29, 1.82) is 0 Å². The lowest BCUT2D eigenvalue weighted by Crippen LogP contribution is -2.47. The first-order valence-corrected chi connectivity index (χ1v) is 12.1. The number of aromatic nitrogens is 2. The van der Waals surface area contributed by atoms with Crippen LogP contribution < -0.4 is 5.56 Å². The number of hydrogen-bond acceptors (Lipinski definition) is 4. The number of aromatic carboxylic acids is 1. The van der Waals surface area contributed by atoms with E-state index in [9.17, 15) is 14.7 Å². The third-order valence-electron chi connectivity index (χ3n) is 8.28. The van der Waals surface area contributed by atoms with Crippen molar-refractivity contribution < 1.29 is 9.90 Å². The van der Waals surface area contributed by atoms with E-state index in [2.05, 4.69) is 46.3 Å². The zero-order chi connectivity index (χ0) is 23.0. The number of carboxylic acids is 1. The highest BCUT2D eigenvalue weighted by atomic mass is 16.4. The van der Waals surface area contributed by atoms with E-state index < -0.39 is 11.5 Å². The fraction of sp³-hybridized carbons (Fsp3) is 0.321. The number of nitrogens with zero attached hydrogens (tertiary/aromatic N) is 3. The molecule has 3 aliphatic rings. The fourth-order valence-electron chi connectivity index (χ4n) is 7.04. The Morgan fingerprint density at radius 2 is 1.65 bits per heavy atom. The first-order valence-electron chi connectivity index (χ1n) is 12.1. The van der Waals surface area contributed by atoms with Gasteiger partial charge in [0.2, 0.25) is 5.69 Å². The van der Waals surface area contributed by atoms with Gasteiger partial charge in [0.15, 0.2) is 0 Å². The third kappa shape index (κ3) is 2.75. The molecule has 0 radical (unpaired) electrons. The largest absolute Gasteiger partial charge is 0.476 e. The van der Waals surface area contributed by atoms with Crippen LogP contribution in [0.3, 0.4) is 0 Å². The van der Waals surface area contributed by atoms with Gasteiger partial charge in [-0.2, -0.15) is 0 Å². The van der Waals surface area contributed by atoms with Gasteiger partial charge < -0.3 is 9.67 Å². The molecule has 0 amide bonds. The average molecular weight is 452 g/mol. The van der Waals surface area contributed by atoms with Gasteiger partial charge in [-0.3, -0.25) is 9.69 Å². The Balaban J connectivity index is 1.28. The summed E-state index contributed by atoms with van der Waals surface area (Å²) in [4.78, 5) is 31.9. The second-order valence-corrected chi connectivity index (χ2v) is 9.97. The Labute approximate surface area is 196 Å². The molecule has 6 nitrogen and oxygen atoms in total. The predicted molar refractivity (Wildman–Crippen MR) is 130 cm³/mol. The van der Waals surface area contributed by atoms with Crippen LogP contribution in [0.1, 0.15) is 59.4 Å². The molecule has 1 aliphatic carbocycles. The molecule has 3 aromatic carbocycles. The number of piperidine rings is 1. The van der Waals surface area contributed by atoms with Gasteiger partial charge in [0.05, 0.1) is 11.0 Å². The van der Waals surface area contributed by atoms with Crippen molar-refractivity contribution in [3.05, 3.63) is 87.8 Å². The number of rotatable bonds is 3. The molecule has 3 unspecified atom stereocenters. The summed E-state index contributed by atoms with van der Waals surface area (Å²) in [6, 6.07) is 21.8. The standard InChI is InChI=1S/C28H25N3O3/c32-27-26(28(33)34)29-22-9-1-2-10-23(22)31(27)20-14-18-11-12-19(15-20)30(18)24-13-17-7-3-5-16-6-4-8-21(24)25(16)17/h1-10,18-20,24H,11-15H2,(H,33,34). The summed E-state index contributed by atoms with van der Waals surface area (Å²) in [5, 5.41) is 12.4. The maximum absolute atomic E-state index is 13.3. The highest BCUT2D eigenvalue weighted by molar-refractivity contribution is 5.91. The summed E-state index contributed by atoms with van der Waals surface area (Å²) in [7, 11) is 0. The minimum absolute atomic E-state index is 0.0215. The molecule has 6 heteroatoms. The molecule has 0 saturated carbocycles. The molecule has 3 heterocycles. The first kappa shape index (κ1) is 19.9. The predicted octanol–water partition coefficient (Wildman–Crippen LogP) is 4.71. The van der Waals surface area contributed by atoms with Gasteiger partial charge in [0.25, 0.3) is 5.56 Å². The Kier molecular flexibility index (Phi) is 4.24. The second-order valence-electron chi connectivity index (χ2n) is 9.97. The molecular weight excluding hydrogens is 426 g/mol. The molecule has 2 bridgehead atoms. The van der Waals surface area contributed by atoms with E-state index in [1.807, 2.05) is 18.2 Å². The minimum atomic E-state index is -1.26. The monoisotopic (exact) mass is 451 g/mol. The summed E-state index contributed by atoms with van der Waals surface area (Å²) in [5.74, 6) is -1.26. The van der Waals surface area contributed by atoms with Gasteiger partial charge in [0, 0.05) is 24.2 Å². The van der Waals surface area contributed by atoms with E-state index >= 15 is 0 Å². The highest BCUT2D eigenvalue weighted by Gasteiger charge is 2.46. The quantitative estimate of drug-likeness (QED) is 0.488. The number of para-hydroxylation sites is 2. The number of fused-ring (bicyclic) bond motifs is 3. The first-order chi connectivity index (χ1) is 16.6. The molecule has 34 heavy (non-hydrogen) atoms. The van der Waals surface area contributed by atoms with E-state index in [-0.39, 0.29) is 11.7 Å². The Morgan fingerprint density at radius 3 is 2.41 bits per heavy atom. The SMILES string of the molecule is O=C(O)c1nc2ccccc2n(C2CC3CCC(C2)N3C2Cc3cccc4cccc2c34)c1=O. The fourth-order valence-corrected chi connectivity index (χ4v) is 7.04. The molecule has 1 aromatic heterocycles. The van der Waals surface area contributed by atoms with Crippen LogP contribution >= 0.6 is 0 Å². The topological polar surface area (TPSA) is 75.4 Å². The molecule has 4 aromatic rings. The average Bonchev–Trinajstić information content (AvgIpc) is 3.33. The Morgan fingerprint density at radius 1 is 0.912 bits per heavy atom. The van der Waals surface area contributed by atoms with Gasteiger partial charge in [-0.15, -0.1) is 0 Å². The van der Waals surface area contributed by atoms with Crippen LogP contribution in [0.4, 0.5) is 0 Å². The Hall–Kier alpha value is -3.51. The number of hydrogen-bond donors (Lipinski definition) is 1. The van der Waals surface area contributed by atoms with Crippen LogP contribution in [0.15, 0.2) is 65.5 Å². The van der Waals surface area contributed by atoms with Crippen LogP contribution in [0.5, 0.6) is 0 Å². The number of carbonyl (C=O) groups is 1. The van der Waals surface area contributed by atoms with Crippen molar-refractivity contribution in [2.45, 2.75) is 56.3 Å². The smallest absolute Gasteiger partial charge is 0.360 e. The van der Waals surface area contributed by atoms with Crippen LogP contribution in [-0.4, -0.2) is 37.6 Å². The third-order valence-corrected chi connectivity index (χ3v) is 8.28. The van der Waals surface area contributed by atoms with Crippen molar-refractivity contribution in [2.75, 3.05) is 0 Å². The summed E-state index contributed by atoms with van der Waals surface area (Å²) in [6.45, 7) is 0. The van der Waals surface area contributed by atoms with E-state index in [1.54, 1.807) is 10.6 Å². The van der Waals surface area contributed by atoms with E-state index in [1.165, 1.54) is 21.9 Å². The van der Waals surface area contributed by atoms with Gasteiger partial charge in [-0.25, -0.2) is 9.78 Å². The maximum Gasteiger partial charge on any atom is 0.360 e. The second kappa shape index (κ2) is 7.24.